The van der Waals surface area contributed by atoms with Crippen molar-refractivity contribution in [1.29, 1.82) is 0 Å². The molecule has 158 valence electrons. The molecule has 0 unspecified atom stereocenters. The molecule has 0 aliphatic heterocycles. The summed E-state index contributed by atoms with van der Waals surface area (Å²) in [6, 6.07) is 9.69. The molecule has 29 heavy (non-hydrogen) atoms. The highest BCUT2D eigenvalue weighted by molar-refractivity contribution is 7.89. The van der Waals surface area contributed by atoms with E-state index in [0.717, 1.165) is 0 Å². The molecule has 0 bridgehead atoms. The largest absolute Gasteiger partial charge is 0.482 e. The number of sulfonamides is 1. The smallest absolute Gasteiger partial charge is 0.259 e. The maximum absolute atomic E-state index is 12.5. The number of halogens is 6. The Morgan fingerprint density at radius 3 is 2.14 bits per heavy atom. The molecular weight excluding hydrogens is 529 g/mol. The third-order valence-electron chi connectivity index (χ3n) is 3.28. The Morgan fingerprint density at radius 1 is 1.00 bits per heavy atom. The molecular formula is C16H12Cl6N2O4S. The van der Waals surface area contributed by atoms with Crippen molar-refractivity contribution in [2.45, 2.75) is 14.9 Å². The first kappa shape index (κ1) is 24.6. The number of nitrogens with one attached hydrogen (secondary N) is 2. The van der Waals surface area contributed by atoms with Crippen LogP contribution in [0, 0.1) is 0 Å². The Kier molecular flexibility index (Phi) is 8.59. The number of hydrogen-bond donors (Lipinski definition) is 2. The third kappa shape index (κ3) is 7.52. The van der Waals surface area contributed by atoms with Crippen molar-refractivity contribution in [3.8, 4) is 5.75 Å². The maximum Gasteiger partial charge on any atom is 0.259 e. The van der Waals surface area contributed by atoms with Gasteiger partial charge in [0, 0.05) is 10.0 Å². The molecule has 1 amide bonds. The fourth-order valence-corrected chi connectivity index (χ4v) is 4.24. The van der Waals surface area contributed by atoms with Crippen LogP contribution in [-0.2, 0) is 14.8 Å². The summed E-state index contributed by atoms with van der Waals surface area (Å²) >= 11 is 34.9. The van der Waals surface area contributed by atoms with Gasteiger partial charge in [-0.25, -0.2) is 8.42 Å². The summed E-state index contributed by atoms with van der Waals surface area (Å²) in [5.41, 5.74) is 0. The number of carbonyl (C=O) groups excluding carboxylic acids is 1. The minimum absolute atomic E-state index is 0.139. The van der Waals surface area contributed by atoms with E-state index in [9.17, 15) is 13.2 Å². The van der Waals surface area contributed by atoms with Gasteiger partial charge in [0.05, 0.1) is 9.92 Å². The molecule has 2 aromatic carbocycles. The average Bonchev–Trinajstić information content (AvgIpc) is 2.60. The summed E-state index contributed by atoms with van der Waals surface area (Å²) in [6.45, 7) is -0.527. The van der Waals surface area contributed by atoms with Crippen LogP contribution in [0.1, 0.15) is 0 Å². The summed E-state index contributed by atoms with van der Waals surface area (Å²) in [5.74, 6) is -0.579. The van der Waals surface area contributed by atoms with Crippen molar-refractivity contribution >= 4 is 85.5 Å². The fourth-order valence-electron chi connectivity index (χ4n) is 1.95. The zero-order chi connectivity index (χ0) is 21.8. The Hall–Kier alpha value is -0.640. The highest BCUT2D eigenvalue weighted by Crippen LogP contribution is 2.30. The van der Waals surface area contributed by atoms with Gasteiger partial charge in [-0.3, -0.25) is 4.79 Å². The molecule has 0 spiro atoms. The van der Waals surface area contributed by atoms with Gasteiger partial charge in [-0.05, 0) is 42.5 Å². The molecule has 0 saturated heterocycles. The molecule has 0 aliphatic rings. The lowest BCUT2D eigenvalue weighted by Gasteiger charge is -2.26. The number of carbonyl (C=O) groups is 1. The Bertz CT molecular complexity index is 980. The van der Waals surface area contributed by atoms with Crippen LogP contribution < -0.4 is 14.8 Å². The van der Waals surface area contributed by atoms with Gasteiger partial charge in [0.15, 0.2) is 6.61 Å². The highest BCUT2D eigenvalue weighted by Gasteiger charge is 2.37. The molecule has 0 aromatic heterocycles. The lowest BCUT2D eigenvalue weighted by Crippen LogP contribution is -2.56. The quantitative estimate of drug-likeness (QED) is 0.390. The van der Waals surface area contributed by atoms with Crippen molar-refractivity contribution < 1.29 is 17.9 Å². The van der Waals surface area contributed by atoms with E-state index < -0.39 is 32.5 Å². The molecule has 1 atom stereocenters. The zero-order valence-electron chi connectivity index (χ0n) is 14.1. The second-order valence-corrected chi connectivity index (χ2v) is 10.8. The molecule has 0 radical (unpaired) electrons. The second-order valence-electron chi connectivity index (χ2n) is 5.48. The molecule has 2 aromatic rings. The SMILES string of the molecule is O=C(COc1ccc(Cl)cc1Cl)N[C@H](NS(=O)(=O)c1ccc(Cl)cc1)C(Cl)(Cl)Cl. The standard InChI is InChI=1S/C16H12Cl6N2O4S/c17-9-1-4-11(5-2-9)29(26,27)24-15(16(20,21)22)23-14(25)8-28-13-6-3-10(18)7-12(13)19/h1-7,15,24H,8H2,(H,23,25)/t15-/m1/s1. The van der Waals surface area contributed by atoms with Crippen LogP contribution >= 0.6 is 69.6 Å². The van der Waals surface area contributed by atoms with Crippen molar-refractivity contribution in [3.63, 3.8) is 0 Å². The lowest BCUT2D eigenvalue weighted by molar-refractivity contribution is -0.123. The van der Waals surface area contributed by atoms with Crippen LogP contribution in [0.15, 0.2) is 47.4 Å². The number of hydrogen-bond acceptors (Lipinski definition) is 4. The highest BCUT2D eigenvalue weighted by atomic mass is 35.6. The molecule has 13 heteroatoms. The summed E-state index contributed by atoms with van der Waals surface area (Å²) in [6.07, 6.45) is -1.59. The molecule has 0 saturated carbocycles. The Labute approximate surface area is 197 Å². The average molecular weight is 541 g/mol. The van der Waals surface area contributed by atoms with Crippen LogP contribution in [0.25, 0.3) is 0 Å². The van der Waals surface area contributed by atoms with Crippen LogP contribution in [0.3, 0.4) is 0 Å². The summed E-state index contributed by atoms with van der Waals surface area (Å²) in [5, 5.41) is 3.17. The van der Waals surface area contributed by atoms with Gasteiger partial charge in [-0.15, -0.1) is 0 Å². The molecule has 0 fully saturated rings. The van der Waals surface area contributed by atoms with Crippen LogP contribution in [0.5, 0.6) is 5.75 Å². The van der Waals surface area contributed by atoms with Crippen molar-refractivity contribution in [3.05, 3.63) is 57.5 Å². The minimum Gasteiger partial charge on any atom is -0.482 e. The van der Waals surface area contributed by atoms with E-state index in [0.29, 0.717) is 10.0 Å². The number of alkyl halides is 3. The zero-order valence-corrected chi connectivity index (χ0v) is 19.5. The van der Waals surface area contributed by atoms with Gasteiger partial charge in [-0.2, -0.15) is 4.72 Å². The van der Waals surface area contributed by atoms with Gasteiger partial charge >= 0.3 is 0 Å². The van der Waals surface area contributed by atoms with E-state index in [2.05, 4.69) is 10.0 Å². The van der Waals surface area contributed by atoms with Crippen molar-refractivity contribution in [2.24, 2.45) is 0 Å². The van der Waals surface area contributed by atoms with E-state index in [-0.39, 0.29) is 15.7 Å². The first-order valence-electron chi connectivity index (χ1n) is 7.60. The fraction of sp³-hybridized carbons (Fsp3) is 0.188. The Balaban J connectivity index is 2.08. The number of rotatable bonds is 7. The molecule has 2 rings (SSSR count). The van der Waals surface area contributed by atoms with Gasteiger partial charge in [-0.1, -0.05) is 69.6 Å². The van der Waals surface area contributed by atoms with Crippen molar-refractivity contribution in [2.75, 3.05) is 6.61 Å². The number of benzene rings is 2. The van der Waals surface area contributed by atoms with Crippen LogP contribution in [-0.4, -0.2) is 30.9 Å². The van der Waals surface area contributed by atoms with Crippen molar-refractivity contribution in [1.82, 2.24) is 10.0 Å². The normalized spacial score (nSPS) is 13.0. The topological polar surface area (TPSA) is 84.5 Å². The predicted molar refractivity (Wildman–Crippen MR) is 116 cm³/mol. The molecule has 0 heterocycles. The summed E-state index contributed by atoms with van der Waals surface area (Å²) in [7, 11) is -4.14. The first-order valence-corrected chi connectivity index (χ1v) is 11.4. The second kappa shape index (κ2) is 10.1. The monoisotopic (exact) mass is 538 g/mol. The Morgan fingerprint density at radius 2 is 1.59 bits per heavy atom. The van der Waals surface area contributed by atoms with E-state index in [4.69, 9.17) is 74.3 Å². The molecule has 6 nitrogen and oxygen atoms in total. The van der Waals surface area contributed by atoms with Gasteiger partial charge < -0.3 is 10.1 Å². The molecule has 2 N–H and O–H groups in total. The molecule has 0 aliphatic carbocycles. The minimum atomic E-state index is -4.14. The number of amides is 1. The maximum atomic E-state index is 12.5. The van der Waals surface area contributed by atoms with Gasteiger partial charge in [0.1, 0.15) is 11.9 Å². The predicted octanol–water partition coefficient (Wildman–Crippen LogP) is 4.82. The summed E-state index contributed by atoms with van der Waals surface area (Å²) < 4.78 is 30.2. The van der Waals surface area contributed by atoms with Gasteiger partial charge in [0.2, 0.25) is 13.8 Å². The lowest BCUT2D eigenvalue weighted by atomic mass is 10.3. The van der Waals surface area contributed by atoms with Crippen LogP contribution in [0.4, 0.5) is 0 Å². The first-order chi connectivity index (χ1) is 13.4. The van der Waals surface area contributed by atoms with E-state index in [1.165, 1.54) is 42.5 Å². The van der Waals surface area contributed by atoms with Gasteiger partial charge in [0.25, 0.3) is 5.91 Å². The van der Waals surface area contributed by atoms with Crippen LogP contribution in [0.2, 0.25) is 15.1 Å². The van der Waals surface area contributed by atoms with E-state index >= 15 is 0 Å². The van der Waals surface area contributed by atoms with E-state index in [1.807, 2.05) is 0 Å². The summed E-state index contributed by atoms with van der Waals surface area (Å²) in [4.78, 5) is 12.0. The third-order valence-corrected chi connectivity index (χ3v) is 6.16. The van der Waals surface area contributed by atoms with E-state index in [1.54, 1.807) is 0 Å². The number of ether oxygens (including phenoxy) is 1.